The quantitative estimate of drug-likeness (QED) is 0.450. The number of benzene rings is 2. The summed E-state index contributed by atoms with van der Waals surface area (Å²) in [7, 11) is -1.90. The molecule has 2 amide bonds. The Hall–Kier alpha value is -3.48. The van der Waals surface area contributed by atoms with Gasteiger partial charge in [-0.2, -0.15) is 4.31 Å². The van der Waals surface area contributed by atoms with Crippen LogP contribution in [0.25, 0.3) is 0 Å². The molecule has 1 N–H and O–H groups in total. The lowest BCUT2D eigenvalue weighted by atomic mass is 10.0. The zero-order valence-corrected chi connectivity index (χ0v) is 26.4. The van der Waals surface area contributed by atoms with Crippen LogP contribution in [0, 0.1) is 6.92 Å². The van der Waals surface area contributed by atoms with E-state index in [4.69, 9.17) is 9.47 Å². The van der Waals surface area contributed by atoms with Crippen molar-refractivity contribution < 1.29 is 32.3 Å². The first-order chi connectivity index (χ1) is 20.2. The van der Waals surface area contributed by atoms with Gasteiger partial charge < -0.3 is 24.6 Å². The first-order valence-corrected chi connectivity index (χ1v) is 16.0. The summed E-state index contributed by atoms with van der Waals surface area (Å²) in [5, 5.41) is 2.77. The maximum absolute atomic E-state index is 13.5. The van der Waals surface area contributed by atoms with Gasteiger partial charge >= 0.3 is 12.1 Å². The van der Waals surface area contributed by atoms with Crippen LogP contribution in [0.5, 0.6) is 5.75 Å². The topological polar surface area (TPSA) is 126 Å². The van der Waals surface area contributed by atoms with E-state index in [2.05, 4.69) is 10.2 Å². The monoisotopic (exact) mass is 614 g/mol. The van der Waals surface area contributed by atoms with Gasteiger partial charge in [-0.25, -0.2) is 18.0 Å². The Morgan fingerprint density at radius 3 is 2.19 bits per heavy atom. The second-order valence-corrected chi connectivity index (χ2v) is 14.1. The number of carbonyl (C=O) groups excluding carboxylic acids is 3. The van der Waals surface area contributed by atoms with Crippen molar-refractivity contribution in [3.8, 4) is 5.75 Å². The molecule has 2 aromatic carbocycles. The molecule has 2 aromatic rings. The average Bonchev–Trinajstić information content (AvgIpc) is 3.45. The van der Waals surface area contributed by atoms with Crippen LogP contribution in [0.3, 0.4) is 0 Å². The van der Waals surface area contributed by atoms with Crippen molar-refractivity contribution in [3.63, 3.8) is 0 Å². The van der Waals surface area contributed by atoms with E-state index in [1.807, 2.05) is 14.0 Å². The zero-order valence-electron chi connectivity index (χ0n) is 25.5. The summed E-state index contributed by atoms with van der Waals surface area (Å²) in [6.45, 7) is 10.0. The zero-order chi connectivity index (χ0) is 31.4. The minimum atomic E-state index is -3.91. The number of aryl methyl sites for hydroxylation is 1. The Labute approximate surface area is 254 Å². The third-order valence-electron chi connectivity index (χ3n) is 7.47. The van der Waals surface area contributed by atoms with Gasteiger partial charge in [0, 0.05) is 39.1 Å². The molecule has 0 bridgehead atoms. The van der Waals surface area contributed by atoms with Crippen LogP contribution in [0.15, 0.2) is 53.4 Å². The molecule has 2 aliphatic heterocycles. The second kappa shape index (κ2) is 13.4. The number of carbonyl (C=O) groups is 3. The number of piperazine rings is 1. The molecule has 12 heteroatoms. The van der Waals surface area contributed by atoms with Gasteiger partial charge in [0.25, 0.3) is 0 Å². The molecule has 2 saturated heterocycles. The largest absolute Gasteiger partial charge is 0.458 e. The highest BCUT2D eigenvalue weighted by Crippen LogP contribution is 2.27. The maximum Gasteiger partial charge on any atom is 0.415 e. The smallest absolute Gasteiger partial charge is 0.415 e. The molecule has 2 aliphatic rings. The molecule has 2 fully saturated rings. The highest BCUT2D eigenvalue weighted by atomic mass is 32.2. The summed E-state index contributed by atoms with van der Waals surface area (Å²) in [4.78, 5) is 43.2. The van der Waals surface area contributed by atoms with Crippen molar-refractivity contribution in [2.24, 2.45) is 0 Å². The third kappa shape index (κ3) is 8.55. The molecule has 234 valence electrons. The van der Waals surface area contributed by atoms with Gasteiger partial charge in [-0.15, -0.1) is 0 Å². The van der Waals surface area contributed by atoms with Crippen LogP contribution >= 0.6 is 0 Å². The number of sulfonamides is 1. The van der Waals surface area contributed by atoms with E-state index >= 15 is 0 Å². The average molecular weight is 615 g/mol. The van der Waals surface area contributed by atoms with Crippen molar-refractivity contribution in [1.29, 1.82) is 0 Å². The first-order valence-electron chi connectivity index (χ1n) is 14.6. The van der Waals surface area contributed by atoms with Crippen LogP contribution in [0.4, 0.5) is 4.79 Å². The van der Waals surface area contributed by atoms with E-state index in [1.54, 1.807) is 62.1 Å². The fourth-order valence-electron chi connectivity index (χ4n) is 5.05. The summed E-state index contributed by atoms with van der Waals surface area (Å²) >= 11 is 0. The van der Waals surface area contributed by atoms with Crippen LogP contribution in [-0.4, -0.2) is 97.9 Å². The highest BCUT2D eigenvalue weighted by Gasteiger charge is 2.41. The number of ether oxygens (including phenoxy) is 2. The normalized spacial score (nSPS) is 19.1. The highest BCUT2D eigenvalue weighted by molar-refractivity contribution is 7.89. The van der Waals surface area contributed by atoms with Crippen LogP contribution in [0.2, 0.25) is 0 Å². The summed E-state index contributed by atoms with van der Waals surface area (Å²) in [5.41, 5.74) is 0.831. The molecule has 0 aliphatic carbocycles. The number of rotatable bonds is 8. The Morgan fingerprint density at radius 1 is 0.953 bits per heavy atom. The van der Waals surface area contributed by atoms with Crippen LogP contribution in [0.1, 0.15) is 44.7 Å². The molecule has 2 atom stereocenters. The van der Waals surface area contributed by atoms with E-state index in [9.17, 15) is 22.8 Å². The molecule has 43 heavy (non-hydrogen) atoms. The number of amides is 2. The number of hydrogen-bond donors (Lipinski definition) is 1. The van der Waals surface area contributed by atoms with E-state index < -0.39 is 45.7 Å². The lowest BCUT2D eigenvalue weighted by molar-refractivity contribution is -0.158. The number of nitrogens with zero attached hydrogens (tertiary/aromatic N) is 3. The summed E-state index contributed by atoms with van der Waals surface area (Å²) in [6.07, 6.45) is 0.548. The Kier molecular flexibility index (Phi) is 10.1. The van der Waals surface area contributed by atoms with E-state index in [0.29, 0.717) is 37.2 Å². The van der Waals surface area contributed by atoms with Gasteiger partial charge in [0.1, 0.15) is 23.4 Å². The molecule has 11 nitrogen and oxygen atoms in total. The number of likely N-dealkylation sites (N-methyl/N-ethyl adjacent to an activating group) is 1. The molecular formula is C31H42N4O7S. The molecule has 0 radical (unpaired) electrons. The van der Waals surface area contributed by atoms with Gasteiger partial charge in [-0.3, -0.25) is 4.79 Å². The summed E-state index contributed by atoms with van der Waals surface area (Å²) < 4.78 is 39.1. The minimum Gasteiger partial charge on any atom is -0.458 e. The molecule has 0 saturated carbocycles. The molecule has 0 spiro atoms. The number of hydrogen-bond acceptors (Lipinski definition) is 8. The molecule has 0 aromatic heterocycles. The summed E-state index contributed by atoms with van der Waals surface area (Å²) in [6, 6.07) is 11.2. The van der Waals surface area contributed by atoms with E-state index in [0.717, 1.165) is 18.7 Å². The number of nitrogens with one attached hydrogen (secondary N) is 1. The van der Waals surface area contributed by atoms with Crippen molar-refractivity contribution >= 4 is 28.0 Å². The van der Waals surface area contributed by atoms with Gasteiger partial charge in [-0.05, 0) is 77.4 Å². The van der Waals surface area contributed by atoms with Gasteiger partial charge in [0.05, 0.1) is 4.90 Å². The standard InChI is InChI=1S/C31H42N4O7S/c1-22-8-14-25(15-9-22)43(39,40)35-16-6-7-27(35)28(36)32-26(29(37)42-31(2,3)4)21-23-10-12-24(13-11-23)41-30(38)34-19-17-33(5)18-20-34/h8-15,26-27H,6-7,16-21H2,1-5H3,(H,32,36)/t26-,27-/m0/s1. The van der Waals surface area contributed by atoms with E-state index in [1.165, 1.54) is 16.4 Å². The maximum atomic E-state index is 13.5. The minimum absolute atomic E-state index is 0.102. The Morgan fingerprint density at radius 2 is 1.58 bits per heavy atom. The van der Waals surface area contributed by atoms with Crippen molar-refractivity contribution in [1.82, 2.24) is 19.4 Å². The lowest BCUT2D eigenvalue weighted by Crippen LogP contribution is -2.52. The predicted octanol–water partition coefficient (Wildman–Crippen LogP) is 2.96. The summed E-state index contributed by atoms with van der Waals surface area (Å²) in [5.74, 6) is -0.812. The molecule has 4 rings (SSSR count). The van der Waals surface area contributed by atoms with Crippen LogP contribution in [-0.2, 0) is 30.8 Å². The number of esters is 1. The van der Waals surface area contributed by atoms with Gasteiger partial charge in [0.15, 0.2) is 0 Å². The fourth-order valence-corrected chi connectivity index (χ4v) is 6.71. The lowest BCUT2D eigenvalue weighted by Gasteiger charge is -2.31. The fraction of sp³-hybridized carbons (Fsp3) is 0.516. The van der Waals surface area contributed by atoms with Gasteiger partial charge in [0.2, 0.25) is 15.9 Å². The molecule has 0 unspecified atom stereocenters. The van der Waals surface area contributed by atoms with Crippen LogP contribution < -0.4 is 10.1 Å². The third-order valence-corrected chi connectivity index (χ3v) is 9.39. The SMILES string of the molecule is Cc1ccc(S(=O)(=O)N2CCC[C@H]2C(=O)N[C@@H](Cc2ccc(OC(=O)N3CCN(C)CC3)cc2)C(=O)OC(C)(C)C)cc1. The first kappa shape index (κ1) is 32.4. The second-order valence-electron chi connectivity index (χ2n) is 12.2. The van der Waals surface area contributed by atoms with Crippen molar-refractivity contribution in [2.45, 2.75) is 69.5 Å². The van der Waals surface area contributed by atoms with Crippen molar-refractivity contribution in [3.05, 3.63) is 59.7 Å². The molecule has 2 heterocycles. The van der Waals surface area contributed by atoms with Gasteiger partial charge in [-0.1, -0.05) is 29.8 Å². The van der Waals surface area contributed by atoms with E-state index in [-0.39, 0.29) is 17.9 Å². The Bertz CT molecular complexity index is 1400. The Balaban J connectivity index is 1.46. The molecular weight excluding hydrogens is 572 g/mol. The predicted molar refractivity (Wildman–Crippen MR) is 161 cm³/mol. The van der Waals surface area contributed by atoms with Crippen molar-refractivity contribution in [2.75, 3.05) is 39.8 Å².